The summed E-state index contributed by atoms with van der Waals surface area (Å²) in [5.41, 5.74) is 3.10. The third kappa shape index (κ3) is 5.18. The molecule has 0 spiro atoms. The second kappa shape index (κ2) is 10.7. The van der Waals surface area contributed by atoms with Gasteiger partial charge in [0.1, 0.15) is 5.75 Å². The maximum Gasteiger partial charge on any atom is 0.258 e. The number of aryl methyl sites for hydroxylation is 1. The number of anilines is 1. The zero-order valence-electron chi connectivity index (χ0n) is 20.7. The number of ether oxygens (including phenoxy) is 1. The Morgan fingerprint density at radius 3 is 2.68 bits per heavy atom. The zero-order valence-corrected chi connectivity index (χ0v) is 23.2. The van der Waals surface area contributed by atoms with E-state index in [9.17, 15) is 9.59 Å². The van der Waals surface area contributed by atoms with E-state index in [0.717, 1.165) is 46.3 Å². The smallest absolute Gasteiger partial charge is 0.258 e. The molecule has 192 valence electrons. The van der Waals surface area contributed by atoms with Gasteiger partial charge in [0.05, 0.1) is 28.6 Å². The van der Waals surface area contributed by atoms with Crippen molar-refractivity contribution in [2.45, 2.75) is 41.0 Å². The number of thiazole rings is 1. The summed E-state index contributed by atoms with van der Waals surface area (Å²) < 4.78 is 6.56. The van der Waals surface area contributed by atoms with Crippen LogP contribution in [0, 0.1) is 6.92 Å². The van der Waals surface area contributed by atoms with E-state index in [1.54, 1.807) is 30.8 Å². The van der Waals surface area contributed by atoms with Crippen LogP contribution in [0.25, 0.3) is 0 Å². The van der Waals surface area contributed by atoms with Crippen molar-refractivity contribution in [1.29, 1.82) is 0 Å². The fraction of sp³-hybridized carbons (Fsp3) is 0.296. The molecular formula is C27H28N4O3S3. The number of aromatic nitrogens is 1. The highest BCUT2D eigenvalue weighted by molar-refractivity contribution is 8.01. The Morgan fingerprint density at radius 2 is 2.03 bits per heavy atom. The van der Waals surface area contributed by atoms with Crippen molar-refractivity contribution in [2.75, 3.05) is 25.5 Å². The Hall–Kier alpha value is -3.08. The number of thiophene rings is 1. The highest BCUT2D eigenvalue weighted by Crippen LogP contribution is 2.40. The normalized spacial score (nSPS) is 18.5. The molecule has 2 aliphatic rings. The van der Waals surface area contributed by atoms with Gasteiger partial charge in [-0.3, -0.25) is 14.9 Å². The lowest BCUT2D eigenvalue weighted by Crippen LogP contribution is -2.55. The fourth-order valence-electron chi connectivity index (χ4n) is 4.88. The van der Waals surface area contributed by atoms with Gasteiger partial charge in [0, 0.05) is 41.1 Å². The van der Waals surface area contributed by atoms with Crippen molar-refractivity contribution in [1.82, 2.24) is 14.8 Å². The van der Waals surface area contributed by atoms with Crippen molar-refractivity contribution in [3.8, 4) is 5.75 Å². The maximum atomic E-state index is 13.9. The molecular weight excluding hydrogens is 525 g/mol. The van der Waals surface area contributed by atoms with Gasteiger partial charge in [-0.1, -0.05) is 36.3 Å². The van der Waals surface area contributed by atoms with E-state index < -0.39 is 0 Å². The number of allylic oxidation sites excluding steroid dienone is 1. The van der Waals surface area contributed by atoms with Crippen molar-refractivity contribution < 1.29 is 14.3 Å². The molecule has 7 nitrogen and oxygen atoms in total. The summed E-state index contributed by atoms with van der Waals surface area (Å²) >= 11 is 4.41. The van der Waals surface area contributed by atoms with Crippen molar-refractivity contribution in [2.24, 2.45) is 0 Å². The molecule has 2 atom stereocenters. The molecule has 2 aromatic heterocycles. The molecule has 0 saturated carbocycles. The number of fused-ring (bicyclic) bond motifs is 2. The van der Waals surface area contributed by atoms with Crippen molar-refractivity contribution in [3.05, 3.63) is 76.8 Å². The minimum absolute atomic E-state index is 0.00286. The minimum Gasteiger partial charge on any atom is -0.496 e. The predicted octanol–water partition coefficient (Wildman–Crippen LogP) is 5.91. The van der Waals surface area contributed by atoms with Gasteiger partial charge < -0.3 is 14.5 Å². The quantitative estimate of drug-likeness (QED) is 0.350. The average Bonchev–Trinajstić information content (AvgIpc) is 3.64. The Bertz CT molecular complexity index is 1340. The average molecular weight is 553 g/mol. The summed E-state index contributed by atoms with van der Waals surface area (Å²) in [7, 11) is 1.60. The van der Waals surface area contributed by atoms with Crippen molar-refractivity contribution in [3.63, 3.8) is 0 Å². The van der Waals surface area contributed by atoms with Gasteiger partial charge >= 0.3 is 0 Å². The fourth-order valence-corrected chi connectivity index (χ4v) is 7.45. The Kier molecular flexibility index (Phi) is 7.41. The van der Waals surface area contributed by atoms with Gasteiger partial charge in [0.2, 0.25) is 0 Å². The topological polar surface area (TPSA) is 74.8 Å². The first kappa shape index (κ1) is 25.6. The molecule has 0 aliphatic carbocycles. The van der Waals surface area contributed by atoms with Gasteiger partial charge in [0.25, 0.3) is 11.8 Å². The van der Waals surface area contributed by atoms with Crippen LogP contribution in [-0.2, 0) is 0 Å². The number of rotatable bonds is 8. The van der Waals surface area contributed by atoms with Crippen LogP contribution in [0.15, 0.2) is 69.2 Å². The molecule has 3 aromatic rings. The zero-order chi connectivity index (χ0) is 26.1. The number of carbonyl (C=O) groups excluding carboxylic acids is 2. The molecule has 2 aliphatic heterocycles. The third-order valence-corrected chi connectivity index (χ3v) is 9.64. The van der Waals surface area contributed by atoms with Crippen LogP contribution in [0.3, 0.4) is 0 Å². The number of hydrogen-bond acceptors (Lipinski definition) is 8. The number of benzene rings is 1. The molecule has 10 heteroatoms. The first-order valence-corrected chi connectivity index (χ1v) is 14.5. The number of amides is 2. The van der Waals surface area contributed by atoms with E-state index in [2.05, 4.69) is 28.4 Å². The van der Waals surface area contributed by atoms with Crippen LogP contribution in [0.4, 0.5) is 5.13 Å². The van der Waals surface area contributed by atoms with E-state index >= 15 is 0 Å². The number of hydrogen-bond donors (Lipinski definition) is 1. The number of piperazine rings is 1. The lowest BCUT2D eigenvalue weighted by atomic mass is 10.1. The second-order valence-electron chi connectivity index (χ2n) is 9.07. The van der Waals surface area contributed by atoms with Crippen molar-refractivity contribution >= 4 is 51.4 Å². The van der Waals surface area contributed by atoms with Gasteiger partial charge in [-0.2, -0.15) is 11.3 Å². The lowest BCUT2D eigenvalue weighted by Gasteiger charge is -2.42. The SMILES string of the molecule is C=CC(=C)N1C[C@H]2CC[C@@H](C1)N2C(=O)c1cc(Sc2cnc(NC(=O)c3ccsc3)s2)c(C)cc1OC. The minimum atomic E-state index is -0.174. The Balaban J connectivity index is 1.35. The first-order chi connectivity index (χ1) is 17.9. The van der Waals surface area contributed by atoms with Crippen LogP contribution in [-0.4, -0.2) is 58.9 Å². The summed E-state index contributed by atoms with van der Waals surface area (Å²) in [4.78, 5) is 35.8. The predicted molar refractivity (Wildman–Crippen MR) is 150 cm³/mol. The number of nitrogens with one attached hydrogen (secondary N) is 1. The van der Waals surface area contributed by atoms with Crippen LogP contribution in [0.1, 0.15) is 39.1 Å². The number of carbonyl (C=O) groups is 2. The van der Waals surface area contributed by atoms with Crippen LogP contribution < -0.4 is 10.1 Å². The molecule has 1 aromatic carbocycles. The number of likely N-dealkylation sites (tertiary alicyclic amines) is 1. The van der Waals surface area contributed by atoms with Crippen LogP contribution >= 0.6 is 34.4 Å². The molecule has 2 amide bonds. The van der Waals surface area contributed by atoms with E-state index in [-0.39, 0.29) is 23.9 Å². The largest absolute Gasteiger partial charge is 0.496 e. The molecule has 2 saturated heterocycles. The summed E-state index contributed by atoms with van der Waals surface area (Å²) in [6.45, 7) is 11.5. The van der Waals surface area contributed by atoms with E-state index in [4.69, 9.17) is 4.74 Å². The monoisotopic (exact) mass is 552 g/mol. The standard InChI is InChI=1S/C27H28N4O3S3/c1-5-17(3)30-13-19-6-7-20(14-30)31(19)26(33)21-11-23(16(2)10-22(21)34-4)36-24-12-28-27(37-24)29-25(32)18-8-9-35-15-18/h5,8-12,15,19-20H,1,3,6-7,13-14H2,2,4H3,(H,28,29,32)/t19-,20+. The summed E-state index contributed by atoms with van der Waals surface area (Å²) in [6.07, 6.45) is 5.49. The molecule has 0 radical (unpaired) electrons. The van der Waals surface area contributed by atoms with E-state index in [0.29, 0.717) is 22.0 Å². The Labute approximate surface area is 228 Å². The molecule has 2 bridgehead atoms. The second-order valence-corrected chi connectivity index (χ2v) is 12.2. The Morgan fingerprint density at radius 1 is 1.27 bits per heavy atom. The highest BCUT2D eigenvalue weighted by atomic mass is 32.2. The molecule has 5 rings (SSSR count). The van der Waals surface area contributed by atoms with Crippen LogP contribution in [0.5, 0.6) is 5.75 Å². The highest BCUT2D eigenvalue weighted by Gasteiger charge is 2.43. The van der Waals surface area contributed by atoms with Crippen LogP contribution in [0.2, 0.25) is 0 Å². The number of nitrogens with zero attached hydrogens (tertiary/aromatic N) is 3. The van der Waals surface area contributed by atoms with Gasteiger partial charge in [-0.15, -0.1) is 0 Å². The van der Waals surface area contributed by atoms with Gasteiger partial charge in [0.15, 0.2) is 5.13 Å². The summed E-state index contributed by atoms with van der Waals surface area (Å²) in [6, 6.07) is 5.92. The molecule has 4 heterocycles. The first-order valence-electron chi connectivity index (χ1n) is 11.9. The van der Waals surface area contributed by atoms with Gasteiger partial charge in [-0.05, 0) is 55.0 Å². The lowest BCUT2D eigenvalue weighted by molar-refractivity contribution is 0.0487. The molecule has 0 unspecified atom stereocenters. The maximum absolute atomic E-state index is 13.9. The number of methoxy groups -OCH3 is 1. The van der Waals surface area contributed by atoms with E-state index in [1.165, 1.54) is 34.4 Å². The van der Waals surface area contributed by atoms with E-state index in [1.807, 2.05) is 29.3 Å². The molecule has 1 N–H and O–H groups in total. The third-order valence-electron chi connectivity index (χ3n) is 6.78. The van der Waals surface area contributed by atoms with Gasteiger partial charge in [-0.25, -0.2) is 4.98 Å². The molecule has 37 heavy (non-hydrogen) atoms. The summed E-state index contributed by atoms with van der Waals surface area (Å²) in [5, 5.41) is 7.06. The summed E-state index contributed by atoms with van der Waals surface area (Å²) in [5.74, 6) is 0.410. The molecule has 2 fully saturated rings.